The van der Waals surface area contributed by atoms with Gasteiger partial charge in [0, 0.05) is 30.4 Å². The fourth-order valence-electron chi connectivity index (χ4n) is 4.80. The molecule has 2 aliphatic rings. The summed E-state index contributed by atoms with van der Waals surface area (Å²) in [6.45, 7) is 1.36. The highest BCUT2D eigenvalue weighted by atomic mass is 16.7. The maximum Gasteiger partial charge on any atom is 0.303 e. The van der Waals surface area contributed by atoms with Crippen LogP contribution < -0.4 is 20.5 Å². The van der Waals surface area contributed by atoms with Gasteiger partial charge in [-0.3, -0.25) is 4.79 Å². The van der Waals surface area contributed by atoms with E-state index in [1.54, 1.807) is 42.5 Å². The Balaban J connectivity index is 1.34. The van der Waals surface area contributed by atoms with Crippen LogP contribution in [0.2, 0.25) is 0 Å². The summed E-state index contributed by atoms with van der Waals surface area (Å²) >= 11 is 0. The molecule has 1 aromatic heterocycles. The van der Waals surface area contributed by atoms with Crippen LogP contribution in [0.1, 0.15) is 47.6 Å². The van der Waals surface area contributed by atoms with Gasteiger partial charge in [-0.1, -0.05) is 12.1 Å². The number of carbonyl (C=O) groups is 1. The van der Waals surface area contributed by atoms with Crippen molar-refractivity contribution in [3.05, 3.63) is 88.8 Å². The van der Waals surface area contributed by atoms with Crippen LogP contribution in [-0.4, -0.2) is 41.9 Å². The molecule has 210 valence electrons. The van der Waals surface area contributed by atoms with Gasteiger partial charge in [0.1, 0.15) is 5.82 Å². The number of nitriles is 1. The van der Waals surface area contributed by atoms with Crippen LogP contribution in [-0.2, 0) is 22.4 Å². The molecule has 0 spiro atoms. The average molecular weight is 554 g/mol. The summed E-state index contributed by atoms with van der Waals surface area (Å²) < 4.78 is 16.9. The van der Waals surface area contributed by atoms with Crippen molar-refractivity contribution in [2.45, 2.75) is 38.0 Å². The molecular formula is C31H31N5O5. The molecule has 10 heteroatoms. The molecule has 0 amide bonds. The second kappa shape index (κ2) is 12.9. The van der Waals surface area contributed by atoms with Crippen LogP contribution in [0.3, 0.4) is 0 Å². The highest BCUT2D eigenvalue weighted by molar-refractivity contribution is 5.90. The largest absolute Gasteiger partial charge is 0.481 e. The molecule has 0 fully saturated rings. The smallest absolute Gasteiger partial charge is 0.303 e. The molecule has 1 atom stereocenters. The van der Waals surface area contributed by atoms with Gasteiger partial charge in [-0.05, 0) is 78.8 Å². The zero-order chi connectivity index (χ0) is 28.6. The van der Waals surface area contributed by atoms with E-state index in [-0.39, 0.29) is 25.5 Å². The Morgan fingerprint density at radius 3 is 2.80 bits per heavy atom. The summed E-state index contributed by atoms with van der Waals surface area (Å²) in [5, 5.41) is 22.0. The lowest BCUT2D eigenvalue weighted by molar-refractivity contribution is -0.137. The van der Waals surface area contributed by atoms with E-state index in [2.05, 4.69) is 22.4 Å². The number of aryl methyl sites for hydroxylation is 1. The van der Waals surface area contributed by atoms with Gasteiger partial charge in [0.25, 0.3) is 0 Å². The first-order chi connectivity index (χ1) is 20.0. The summed E-state index contributed by atoms with van der Waals surface area (Å²) in [7, 11) is 0. The van der Waals surface area contributed by atoms with E-state index in [9.17, 15) is 9.90 Å². The molecule has 3 aromatic rings. The summed E-state index contributed by atoms with van der Waals surface area (Å²) in [5.41, 5.74) is 10.9. The quantitative estimate of drug-likeness (QED) is 0.237. The number of pyridine rings is 1. The number of nitrogens with two attached hydrogens (primary N) is 1. The first-order valence-corrected chi connectivity index (χ1v) is 13.5. The third kappa shape index (κ3) is 7.33. The molecule has 2 aliphatic heterocycles. The molecule has 5 rings (SSSR count). The first kappa shape index (κ1) is 27.5. The zero-order valence-corrected chi connectivity index (χ0v) is 22.5. The standard InChI is InChI=1S/C31H31N5O5/c32-18-20-3-7-25(8-4-20)35-29(39-13-11-26-9-5-21-2-1-12-34-31(21)36-26)17-24(33)14-23(16-30(37)38)22-6-10-27-28(15-22)41-19-40-27/h3-10,15,17,23H,1-2,11-14,16,19,33H2,(H,34,36)(H,37,38). The Labute approximate surface area is 238 Å². The van der Waals surface area contributed by atoms with Crippen LogP contribution in [0.4, 0.5) is 11.5 Å². The number of fused-ring (bicyclic) bond motifs is 2. The minimum Gasteiger partial charge on any atom is -0.481 e. The number of rotatable bonds is 10. The summed E-state index contributed by atoms with van der Waals surface area (Å²) in [6, 6.07) is 18.4. The number of aliphatic imine (C=N–C) groups is 1. The highest BCUT2D eigenvalue weighted by Gasteiger charge is 2.21. The number of nitrogens with zero attached hydrogens (tertiary/aromatic N) is 3. The number of anilines is 1. The molecule has 0 radical (unpaired) electrons. The predicted octanol–water partition coefficient (Wildman–Crippen LogP) is 4.82. The SMILES string of the molecule is N#Cc1ccc(N=C(C=C(N)CC(CC(=O)O)c2ccc3c(c2)OCO3)OCCc2ccc3c(n2)NCCC3)cc1. The van der Waals surface area contributed by atoms with Crippen LogP contribution in [0, 0.1) is 11.3 Å². The lowest BCUT2D eigenvalue weighted by Gasteiger charge is -2.18. The summed E-state index contributed by atoms with van der Waals surface area (Å²) in [6.07, 6.45) is 4.46. The molecule has 0 bridgehead atoms. The lowest BCUT2D eigenvalue weighted by atomic mass is 9.91. The molecule has 0 aliphatic carbocycles. The van der Waals surface area contributed by atoms with Crippen LogP contribution >= 0.6 is 0 Å². The van der Waals surface area contributed by atoms with Gasteiger partial charge in [0.05, 0.1) is 30.3 Å². The number of aromatic nitrogens is 1. The van der Waals surface area contributed by atoms with Crippen LogP contribution in [0.5, 0.6) is 11.5 Å². The molecule has 41 heavy (non-hydrogen) atoms. The van der Waals surface area contributed by atoms with E-state index >= 15 is 0 Å². The topological polar surface area (TPSA) is 152 Å². The van der Waals surface area contributed by atoms with Gasteiger partial charge in [0.2, 0.25) is 12.7 Å². The molecular weight excluding hydrogens is 522 g/mol. The Kier molecular flexibility index (Phi) is 8.64. The monoisotopic (exact) mass is 553 g/mol. The number of aliphatic carboxylic acids is 1. The highest BCUT2D eigenvalue weighted by Crippen LogP contribution is 2.37. The van der Waals surface area contributed by atoms with Crippen molar-refractivity contribution in [2.75, 3.05) is 25.3 Å². The minimum atomic E-state index is -0.935. The van der Waals surface area contributed by atoms with Gasteiger partial charge < -0.3 is 30.4 Å². The van der Waals surface area contributed by atoms with Crippen molar-refractivity contribution in [1.82, 2.24) is 4.98 Å². The number of hydrogen-bond donors (Lipinski definition) is 3. The molecule has 2 aromatic carbocycles. The van der Waals surface area contributed by atoms with E-state index in [1.807, 2.05) is 12.1 Å². The van der Waals surface area contributed by atoms with Crippen LogP contribution in [0.25, 0.3) is 0 Å². The maximum atomic E-state index is 11.7. The van der Waals surface area contributed by atoms with Crippen LogP contribution in [0.15, 0.2) is 71.4 Å². The Bertz CT molecular complexity index is 1510. The van der Waals surface area contributed by atoms with Crippen molar-refractivity contribution < 1.29 is 24.1 Å². The number of hydrogen-bond acceptors (Lipinski definition) is 9. The first-order valence-electron chi connectivity index (χ1n) is 13.5. The van der Waals surface area contributed by atoms with Gasteiger partial charge in [-0.15, -0.1) is 0 Å². The number of carboxylic acids is 1. The second-order valence-electron chi connectivity index (χ2n) is 9.88. The van der Waals surface area contributed by atoms with E-state index in [4.69, 9.17) is 30.2 Å². The van der Waals surface area contributed by atoms with Gasteiger partial charge in [-0.2, -0.15) is 5.26 Å². The number of carboxylic acid groups (broad SMARTS) is 1. The normalized spacial score (nSPS) is 14.9. The minimum absolute atomic E-state index is 0.116. The molecule has 10 nitrogen and oxygen atoms in total. The molecule has 0 saturated carbocycles. The number of allylic oxidation sites excluding steroid dienone is 1. The average Bonchev–Trinajstić information content (AvgIpc) is 3.45. The van der Waals surface area contributed by atoms with E-state index in [0.717, 1.165) is 36.5 Å². The Morgan fingerprint density at radius 1 is 1.17 bits per heavy atom. The Morgan fingerprint density at radius 2 is 2.00 bits per heavy atom. The molecule has 1 unspecified atom stereocenters. The number of benzene rings is 2. The fraction of sp³-hybridized carbons (Fsp3) is 0.290. The number of nitrogens with one attached hydrogen (secondary N) is 1. The maximum absolute atomic E-state index is 11.7. The van der Waals surface area contributed by atoms with E-state index in [1.165, 1.54) is 5.56 Å². The number of ether oxygens (including phenoxy) is 3. The lowest BCUT2D eigenvalue weighted by Crippen LogP contribution is -2.15. The molecule has 3 heterocycles. The Hall–Kier alpha value is -5.04. The third-order valence-electron chi connectivity index (χ3n) is 6.88. The van der Waals surface area contributed by atoms with E-state index < -0.39 is 11.9 Å². The fourth-order valence-corrected chi connectivity index (χ4v) is 4.80. The van der Waals surface area contributed by atoms with Crippen molar-refractivity contribution in [3.63, 3.8) is 0 Å². The van der Waals surface area contributed by atoms with Gasteiger partial charge >= 0.3 is 5.97 Å². The zero-order valence-electron chi connectivity index (χ0n) is 22.5. The second-order valence-corrected chi connectivity index (χ2v) is 9.88. The third-order valence-corrected chi connectivity index (χ3v) is 6.88. The summed E-state index contributed by atoms with van der Waals surface area (Å²) in [5.74, 6) is 1.08. The van der Waals surface area contributed by atoms with Crippen molar-refractivity contribution in [2.24, 2.45) is 10.7 Å². The molecule has 4 N–H and O–H groups in total. The van der Waals surface area contributed by atoms with Crippen molar-refractivity contribution in [3.8, 4) is 17.6 Å². The van der Waals surface area contributed by atoms with Gasteiger partial charge in [0.15, 0.2) is 11.5 Å². The van der Waals surface area contributed by atoms with Gasteiger partial charge in [-0.25, -0.2) is 9.98 Å². The predicted molar refractivity (Wildman–Crippen MR) is 153 cm³/mol. The van der Waals surface area contributed by atoms with Crippen molar-refractivity contribution in [1.29, 1.82) is 5.26 Å². The molecule has 0 saturated heterocycles. The van der Waals surface area contributed by atoms with E-state index in [0.29, 0.717) is 41.5 Å². The summed E-state index contributed by atoms with van der Waals surface area (Å²) in [4.78, 5) is 21.0. The van der Waals surface area contributed by atoms with Crippen molar-refractivity contribution >= 4 is 23.4 Å².